The molecule has 144 valence electrons. The predicted molar refractivity (Wildman–Crippen MR) is 107 cm³/mol. The van der Waals surface area contributed by atoms with Gasteiger partial charge in [0.15, 0.2) is 0 Å². The highest BCUT2D eigenvalue weighted by Gasteiger charge is 2.04. The molecule has 0 saturated heterocycles. The van der Waals surface area contributed by atoms with Crippen molar-refractivity contribution in [2.75, 3.05) is 6.54 Å². The van der Waals surface area contributed by atoms with Crippen molar-refractivity contribution in [2.24, 2.45) is 0 Å². The molecule has 0 aliphatic rings. The van der Waals surface area contributed by atoms with E-state index in [1.807, 2.05) is 0 Å². The van der Waals surface area contributed by atoms with Crippen molar-refractivity contribution in [1.29, 1.82) is 0 Å². The van der Waals surface area contributed by atoms with Crippen LogP contribution in [-0.4, -0.2) is 17.4 Å². The maximum Gasteiger partial charge on any atom is 0.270 e. The molecule has 5 heteroatoms. The summed E-state index contributed by atoms with van der Waals surface area (Å²) in [6, 6.07) is 6.23. The van der Waals surface area contributed by atoms with E-state index in [1.54, 1.807) is 18.2 Å². The normalized spacial score (nSPS) is 11.0. The van der Waals surface area contributed by atoms with Crippen molar-refractivity contribution in [3.05, 3.63) is 46.0 Å². The lowest BCUT2D eigenvalue weighted by Gasteiger charge is -2.03. The molecule has 0 radical (unpaired) electrons. The molecule has 0 aliphatic heterocycles. The van der Waals surface area contributed by atoms with Crippen LogP contribution in [0.25, 0.3) is 6.08 Å². The fourth-order valence-corrected chi connectivity index (χ4v) is 2.80. The number of non-ortho nitro benzene ring substituents is 1. The average Bonchev–Trinajstić information content (AvgIpc) is 2.64. The van der Waals surface area contributed by atoms with Crippen molar-refractivity contribution >= 4 is 17.7 Å². The number of nitrogens with one attached hydrogen (secondary N) is 1. The van der Waals surface area contributed by atoms with Crippen LogP contribution in [0.5, 0.6) is 0 Å². The zero-order valence-electron chi connectivity index (χ0n) is 15.9. The van der Waals surface area contributed by atoms with E-state index in [4.69, 9.17) is 0 Å². The molecule has 1 rings (SSSR count). The molecule has 1 N–H and O–H groups in total. The fraction of sp³-hybridized carbons (Fsp3) is 0.571. The highest BCUT2D eigenvalue weighted by atomic mass is 16.6. The Morgan fingerprint density at radius 3 is 2.27 bits per heavy atom. The van der Waals surface area contributed by atoms with Crippen molar-refractivity contribution < 1.29 is 9.72 Å². The number of amides is 1. The molecule has 0 spiro atoms. The van der Waals surface area contributed by atoms with E-state index >= 15 is 0 Å². The Labute approximate surface area is 157 Å². The van der Waals surface area contributed by atoms with Crippen molar-refractivity contribution in [3.63, 3.8) is 0 Å². The van der Waals surface area contributed by atoms with Gasteiger partial charge < -0.3 is 5.32 Å². The molecular weight excluding hydrogens is 328 g/mol. The van der Waals surface area contributed by atoms with Crippen LogP contribution in [-0.2, 0) is 4.79 Å². The van der Waals surface area contributed by atoms with Crippen molar-refractivity contribution in [2.45, 2.75) is 71.1 Å². The zero-order valence-corrected chi connectivity index (χ0v) is 15.9. The number of unbranched alkanes of at least 4 members (excludes halogenated alkanes) is 9. The van der Waals surface area contributed by atoms with Crippen LogP contribution in [0.4, 0.5) is 5.69 Å². The molecule has 0 unspecified atom stereocenters. The first-order chi connectivity index (χ1) is 12.6. The van der Waals surface area contributed by atoms with Crippen LogP contribution in [0, 0.1) is 10.1 Å². The van der Waals surface area contributed by atoms with Gasteiger partial charge in [-0.1, -0.05) is 76.8 Å². The van der Waals surface area contributed by atoms with Crippen LogP contribution >= 0.6 is 0 Å². The highest BCUT2D eigenvalue weighted by Crippen LogP contribution is 2.14. The molecule has 0 fully saturated rings. The second kappa shape index (κ2) is 14.0. The van der Waals surface area contributed by atoms with Gasteiger partial charge in [0.25, 0.3) is 5.69 Å². The number of nitro benzene ring substituents is 1. The van der Waals surface area contributed by atoms with Crippen LogP contribution in [0.2, 0.25) is 0 Å². The second-order valence-corrected chi connectivity index (χ2v) is 6.66. The van der Waals surface area contributed by atoms with E-state index < -0.39 is 4.92 Å². The smallest absolute Gasteiger partial charge is 0.270 e. The Morgan fingerprint density at radius 2 is 1.65 bits per heavy atom. The molecule has 5 nitrogen and oxygen atoms in total. The van der Waals surface area contributed by atoms with Crippen molar-refractivity contribution in [1.82, 2.24) is 5.32 Å². The summed E-state index contributed by atoms with van der Waals surface area (Å²) in [5.74, 6) is -0.160. The fourth-order valence-electron chi connectivity index (χ4n) is 2.80. The standard InChI is InChI=1S/C21H32N2O3/c1-2-3-4-5-6-7-8-9-10-11-17-22-21(24)16-15-19-13-12-14-20(18-19)23(25)26/h12-16,18H,2-11,17H2,1H3,(H,22,24). The van der Waals surface area contributed by atoms with Gasteiger partial charge in [-0.15, -0.1) is 0 Å². The van der Waals surface area contributed by atoms with Gasteiger partial charge >= 0.3 is 0 Å². The number of hydrogen-bond donors (Lipinski definition) is 1. The van der Waals surface area contributed by atoms with E-state index in [-0.39, 0.29) is 11.6 Å². The van der Waals surface area contributed by atoms with E-state index in [0.29, 0.717) is 12.1 Å². The van der Waals surface area contributed by atoms with Gasteiger partial charge in [-0.2, -0.15) is 0 Å². The number of nitrogens with zero attached hydrogens (tertiary/aromatic N) is 1. The molecular formula is C21H32N2O3. The third kappa shape index (κ3) is 10.6. The average molecular weight is 360 g/mol. The summed E-state index contributed by atoms with van der Waals surface area (Å²) in [4.78, 5) is 22.0. The number of benzene rings is 1. The van der Waals surface area contributed by atoms with Crippen LogP contribution < -0.4 is 5.32 Å². The maximum absolute atomic E-state index is 11.8. The van der Waals surface area contributed by atoms with Gasteiger partial charge in [-0.25, -0.2) is 0 Å². The summed E-state index contributed by atoms with van der Waals surface area (Å²) in [7, 11) is 0. The second-order valence-electron chi connectivity index (χ2n) is 6.66. The lowest BCUT2D eigenvalue weighted by Crippen LogP contribution is -2.21. The summed E-state index contributed by atoms with van der Waals surface area (Å²) < 4.78 is 0. The lowest BCUT2D eigenvalue weighted by atomic mass is 10.1. The number of nitro groups is 1. The summed E-state index contributed by atoms with van der Waals surface area (Å²) in [5.41, 5.74) is 0.672. The molecule has 1 amide bonds. The first-order valence-corrected chi connectivity index (χ1v) is 9.84. The molecule has 26 heavy (non-hydrogen) atoms. The minimum absolute atomic E-state index is 0.0259. The number of carbonyl (C=O) groups excluding carboxylic acids is 1. The third-order valence-corrected chi connectivity index (χ3v) is 4.34. The SMILES string of the molecule is CCCCCCCCCCCCNC(=O)C=Cc1cccc([N+](=O)[O-])c1. The maximum atomic E-state index is 11.8. The van der Waals surface area contributed by atoms with Crippen molar-refractivity contribution in [3.8, 4) is 0 Å². The van der Waals surface area contributed by atoms with Gasteiger partial charge in [0, 0.05) is 24.8 Å². The molecule has 0 aromatic heterocycles. The predicted octanol–water partition coefficient (Wildman–Crippen LogP) is 5.65. The summed E-state index contributed by atoms with van der Waals surface area (Å²) in [6.07, 6.45) is 15.7. The Bertz CT molecular complexity index is 570. The quantitative estimate of drug-likeness (QED) is 0.202. The summed E-state index contributed by atoms with van der Waals surface area (Å²) >= 11 is 0. The zero-order chi connectivity index (χ0) is 19.0. The molecule has 0 aliphatic carbocycles. The van der Waals surface area contributed by atoms with E-state index in [0.717, 1.165) is 12.8 Å². The topological polar surface area (TPSA) is 72.2 Å². The highest BCUT2D eigenvalue weighted by molar-refractivity contribution is 5.91. The first kappa shape index (κ1) is 21.9. The minimum Gasteiger partial charge on any atom is -0.353 e. The molecule has 0 bridgehead atoms. The Balaban J connectivity index is 2.06. The minimum atomic E-state index is -0.442. The van der Waals surface area contributed by atoms with Gasteiger partial charge in [0.1, 0.15) is 0 Å². The Morgan fingerprint density at radius 1 is 1.04 bits per heavy atom. The molecule has 0 heterocycles. The largest absolute Gasteiger partial charge is 0.353 e. The number of carbonyl (C=O) groups is 1. The summed E-state index contributed by atoms with van der Waals surface area (Å²) in [5, 5.41) is 13.6. The molecule has 1 aromatic carbocycles. The molecule has 1 aromatic rings. The third-order valence-electron chi connectivity index (χ3n) is 4.34. The monoisotopic (exact) mass is 360 g/mol. The van der Waals surface area contributed by atoms with Gasteiger partial charge in [-0.3, -0.25) is 14.9 Å². The van der Waals surface area contributed by atoms with Gasteiger partial charge in [0.2, 0.25) is 5.91 Å². The van der Waals surface area contributed by atoms with Crippen LogP contribution in [0.1, 0.15) is 76.7 Å². The first-order valence-electron chi connectivity index (χ1n) is 9.84. The Kier molecular flexibility index (Phi) is 11.8. The van der Waals surface area contributed by atoms with E-state index in [2.05, 4.69) is 12.2 Å². The van der Waals surface area contributed by atoms with Gasteiger partial charge in [0.05, 0.1) is 4.92 Å². The van der Waals surface area contributed by atoms with Crippen LogP contribution in [0.15, 0.2) is 30.3 Å². The molecule has 0 atom stereocenters. The van der Waals surface area contributed by atoms with Gasteiger partial charge in [-0.05, 0) is 18.1 Å². The molecule has 0 saturated carbocycles. The van der Waals surface area contributed by atoms with E-state index in [9.17, 15) is 14.9 Å². The van der Waals surface area contributed by atoms with Crippen LogP contribution in [0.3, 0.4) is 0 Å². The van der Waals surface area contributed by atoms with E-state index in [1.165, 1.54) is 69.6 Å². The summed E-state index contributed by atoms with van der Waals surface area (Å²) in [6.45, 7) is 2.91. The number of rotatable bonds is 14. The number of hydrogen-bond acceptors (Lipinski definition) is 3. The lowest BCUT2D eigenvalue weighted by molar-refractivity contribution is -0.384. The Hall–Kier alpha value is -2.17.